The van der Waals surface area contributed by atoms with Gasteiger partial charge in [-0.1, -0.05) is 74.5 Å². The first-order chi connectivity index (χ1) is 19.9. The normalized spacial score (nSPS) is 19.6. The molecule has 3 atom stereocenters. The van der Waals surface area contributed by atoms with Gasteiger partial charge in [-0.15, -0.1) is 5.10 Å². The maximum Gasteiger partial charge on any atom is 0.330 e. The van der Waals surface area contributed by atoms with Crippen LogP contribution in [0.3, 0.4) is 0 Å². The lowest BCUT2D eigenvalue weighted by Crippen LogP contribution is -2.43. The van der Waals surface area contributed by atoms with Crippen molar-refractivity contribution in [3.8, 4) is 11.3 Å². The Balaban J connectivity index is 1.38. The highest BCUT2D eigenvalue weighted by Crippen LogP contribution is 2.41. The van der Waals surface area contributed by atoms with Crippen LogP contribution in [0.25, 0.3) is 32.8 Å². The minimum Gasteiger partial charge on any atom is -0.414 e. The van der Waals surface area contributed by atoms with Crippen LogP contribution in [-0.4, -0.2) is 45.6 Å². The van der Waals surface area contributed by atoms with Crippen molar-refractivity contribution >= 4 is 29.9 Å². The van der Waals surface area contributed by atoms with Crippen LogP contribution in [0.4, 0.5) is 0 Å². The fourth-order valence-corrected chi connectivity index (χ4v) is 6.46. The number of nitrogens with zero attached hydrogens (tertiary/aromatic N) is 4. The highest BCUT2D eigenvalue weighted by atomic mass is 28.4. The number of aryl methyl sites for hydroxylation is 1. The number of fused-ring (bicyclic) bond motifs is 3. The lowest BCUT2D eigenvalue weighted by atomic mass is 9.96. The number of H-pyrrole nitrogens is 1. The van der Waals surface area contributed by atoms with E-state index in [0.29, 0.717) is 18.6 Å². The quantitative estimate of drug-likeness (QED) is 0.195. The molecule has 0 bridgehead atoms. The third-order valence-electron chi connectivity index (χ3n) is 8.97. The molecule has 0 unspecified atom stereocenters. The average Bonchev–Trinajstić information content (AvgIpc) is 3.60. The van der Waals surface area contributed by atoms with E-state index in [1.807, 2.05) is 23.0 Å². The number of rotatable bonds is 6. The predicted octanol–water partition coefficient (Wildman–Crippen LogP) is 5.96. The topological polar surface area (TPSA) is 104 Å². The lowest BCUT2D eigenvalue weighted by Gasteiger charge is -2.37. The summed E-state index contributed by atoms with van der Waals surface area (Å²) in [5, 5.41) is 13.8. The maximum atomic E-state index is 12.8. The molecule has 1 N–H and O–H groups in total. The van der Waals surface area contributed by atoms with Crippen LogP contribution in [0.1, 0.15) is 45.0 Å². The zero-order chi connectivity index (χ0) is 29.8. The minimum absolute atomic E-state index is 0.0328. The van der Waals surface area contributed by atoms with E-state index in [-0.39, 0.29) is 17.2 Å². The van der Waals surface area contributed by atoms with Crippen LogP contribution in [0.15, 0.2) is 76.6 Å². The molecule has 218 valence electrons. The second kappa shape index (κ2) is 10.4. The SMILES string of the molecule is Cc1cn([C@H]2C[C@H](n3cc(-c4cc5ccccc5c5ccccc45)nn3)[C@@H](CO[Si](C)(C)C(C)(C)C)O2)c(=O)[nH]c1=O. The molecule has 1 aliphatic heterocycles. The Labute approximate surface area is 245 Å². The van der Waals surface area contributed by atoms with Crippen molar-refractivity contribution < 1.29 is 9.16 Å². The predicted molar refractivity (Wildman–Crippen MR) is 167 cm³/mol. The van der Waals surface area contributed by atoms with E-state index in [0.717, 1.165) is 27.4 Å². The Morgan fingerprint density at radius 3 is 2.45 bits per heavy atom. The lowest BCUT2D eigenvalue weighted by molar-refractivity contribution is -0.0298. The third kappa shape index (κ3) is 5.03. The molecule has 3 heterocycles. The molecule has 0 radical (unpaired) electrons. The van der Waals surface area contributed by atoms with Gasteiger partial charge in [0, 0.05) is 23.7 Å². The minimum atomic E-state index is -2.08. The van der Waals surface area contributed by atoms with E-state index in [2.05, 4.69) is 91.6 Å². The van der Waals surface area contributed by atoms with Gasteiger partial charge in [-0.3, -0.25) is 14.3 Å². The average molecular weight is 584 g/mol. The molecule has 10 heteroatoms. The molecule has 0 aliphatic carbocycles. The van der Waals surface area contributed by atoms with E-state index >= 15 is 0 Å². The summed E-state index contributed by atoms with van der Waals surface area (Å²) in [6, 6.07) is 18.6. The molecular formula is C32H37N5O4Si. The maximum absolute atomic E-state index is 12.8. The first-order valence-corrected chi connectivity index (χ1v) is 17.3. The van der Waals surface area contributed by atoms with Gasteiger partial charge in [0.15, 0.2) is 8.32 Å². The van der Waals surface area contributed by atoms with Gasteiger partial charge >= 0.3 is 5.69 Å². The van der Waals surface area contributed by atoms with Crippen LogP contribution in [0.2, 0.25) is 18.1 Å². The van der Waals surface area contributed by atoms with Crippen LogP contribution >= 0.6 is 0 Å². The van der Waals surface area contributed by atoms with E-state index in [4.69, 9.17) is 9.16 Å². The zero-order valence-electron chi connectivity index (χ0n) is 24.9. The van der Waals surface area contributed by atoms with E-state index in [9.17, 15) is 9.59 Å². The van der Waals surface area contributed by atoms with Gasteiger partial charge in [-0.2, -0.15) is 0 Å². The number of hydrogen-bond acceptors (Lipinski definition) is 6. The zero-order valence-corrected chi connectivity index (χ0v) is 25.9. The summed E-state index contributed by atoms with van der Waals surface area (Å²) in [4.78, 5) is 27.2. The molecule has 3 aromatic carbocycles. The van der Waals surface area contributed by atoms with Crippen LogP contribution in [-0.2, 0) is 9.16 Å². The van der Waals surface area contributed by atoms with Gasteiger partial charge in [0.2, 0.25) is 0 Å². The van der Waals surface area contributed by atoms with E-state index < -0.39 is 25.8 Å². The molecule has 2 aromatic heterocycles. The van der Waals surface area contributed by atoms with Crippen molar-refractivity contribution in [2.75, 3.05) is 6.61 Å². The molecule has 1 fully saturated rings. The van der Waals surface area contributed by atoms with Gasteiger partial charge in [0.05, 0.1) is 18.8 Å². The Hall–Kier alpha value is -3.86. The van der Waals surface area contributed by atoms with E-state index in [1.165, 1.54) is 9.95 Å². The molecule has 9 nitrogen and oxygen atoms in total. The molecule has 5 aromatic rings. The van der Waals surface area contributed by atoms with Gasteiger partial charge < -0.3 is 9.16 Å². The second-order valence-electron chi connectivity index (χ2n) is 12.8. The summed E-state index contributed by atoms with van der Waals surface area (Å²) >= 11 is 0. The molecular weight excluding hydrogens is 546 g/mol. The number of hydrogen-bond donors (Lipinski definition) is 1. The van der Waals surface area contributed by atoms with Gasteiger partial charge in [-0.25, -0.2) is 9.48 Å². The Morgan fingerprint density at radius 2 is 1.71 bits per heavy atom. The standard InChI is InChI=1S/C32H37N5O4Si/c1-20-17-36(31(39)33-30(20)38)29-16-27(28(41-29)19-40-42(5,6)32(2,3)4)37-18-26(34-35-37)25-15-21-11-7-8-12-22(21)23-13-9-10-14-24(23)25/h7-15,17-18,27-29H,16,19H2,1-6H3,(H,33,38,39)/t27-,28+,29+/m0/s1. The first kappa shape index (κ1) is 28.3. The van der Waals surface area contributed by atoms with Crippen LogP contribution < -0.4 is 11.2 Å². The van der Waals surface area contributed by atoms with Crippen molar-refractivity contribution in [3.05, 3.63) is 93.4 Å². The molecule has 0 saturated carbocycles. The van der Waals surface area contributed by atoms with Crippen LogP contribution in [0, 0.1) is 6.92 Å². The molecule has 1 aliphatic rings. The Kier molecular flexibility index (Phi) is 7.03. The summed E-state index contributed by atoms with van der Waals surface area (Å²) < 4.78 is 16.4. The summed E-state index contributed by atoms with van der Waals surface area (Å²) in [5.41, 5.74) is 1.32. The summed E-state index contributed by atoms with van der Waals surface area (Å²) in [7, 11) is -2.08. The van der Waals surface area contributed by atoms with Crippen LogP contribution in [0.5, 0.6) is 0 Å². The first-order valence-electron chi connectivity index (χ1n) is 14.4. The van der Waals surface area contributed by atoms with Crippen molar-refractivity contribution in [2.45, 2.75) is 70.6 Å². The number of nitrogens with one attached hydrogen (secondary N) is 1. The smallest absolute Gasteiger partial charge is 0.330 e. The fraction of sp³-hybridized carbons (Fsp3) is 0.375. The molecule has 6 rings (SSSR count). The van der Waals surface area contributed by atoms with Crippen molar-refractivity contribution in [1.29, 1.82) is 0 Å². The molecule has 42 heavy (non-hydrogen) atoms. The molecule has 0 amide bonds. The number of ether oxygens (including phenoxy) is 1. The molecule has 1 saturated heterocycles. The second-order valence-corrected chi connectivity index (χ2v) is 17.6. The number of aromatic amines is 1. The van der Waals surface area contributed by atoms with Crippen molar-refractivity contribution in [2.24, 2.45) is 0 Å². The fourth-order valence-electron chi connectivity index (χ4n) is 5.45. The highest BCUT2D eigenvalue weighted by Gasteiger charge is 2.43. The van der Waals surface area contributed by atoms with Crippen molar-refractivity contribution in [1.82, 2.24) is 24.5 Å². The van der Waals surface area contributed by atoms with E-state index in [1.54, 1.807) is 13.1 Å². The van der Waals surface area contributed by atoms with Gasteiger partial charge in [0.1, 0.15) is 18.0 Å². The van der Waals surface area contributed by atoms with Gasteiger partial charge in [0.25, 0.3) is 5.56 Å². The third-order valence-corrected chi connectivity index (χ3v) is 13.5. The summed E-state index contributed by atoms with van der Waals surface area (Å²) in [6.07, 6.45) is 3.05. The highest BCUT2D eigenvalue weighted by molar-refractivity contribution is 6.74. The number of benzene rings is 3. The monoisotopic (exact) mass is 583 g/mol. The molecule has 0 spiro atoms. The van der Waals surface area contributed by atoms with Gasteiger partial charge in [-0.05, 0) is 52.7 Å². The van der Waals surface area contributed by atoms with Crippen molar-refractivity contribution in [3.63, 3.8) is 0 Å². The summed E-state index contributed by atoms with van der Waals surface area (Å²) in [6.45, 7) is 13.1. The summed E-state index contributed by atoms with van der Waals surface area (Å²) in [5.74, 6) is 0. The largest absolute Gasteiger partial charge is 0.414 e. The number of aromatic nitrogens is 5. The Morgan fingerprint density at radius 1 is 1.02 bits per heavy atom. The Bertz CT molecular complexity index is 1900.